The van der Waals surface area contributed by atoms with Crippen LogP contribution in [0, 0.1) is 10.1 Å². The van der Waals surface area contributed by atoms with E-state index in [9.17, 15) is 14.9 Å². The fraction of sp³-hybridized carbons (Fsp3) is 0.0833. The van der Waals surface area contributed by atoms with Crippen molar-refractivity contribution in [2.45, 2.75) is 6.54 Å². The molecule has 0 amide bonds. The Balaban J connectivity index is 2.48. The first-order valence-corrected chi connectivity index (χ1v) is 7.75. The standard InChI is InChI=1S/C12H7Br3N2O3/c13-8-4-9(14)12(18)16(6-8)5-7-2-1-3-10(11(7)15)17(19)20/h1-4,6H,5H2. The number of nitro groups is 1. The summed E-state index contributed by atoms with van der Waals surface area (Å²) in [6, 6.07) is 6.39. The third-order valence-corrected chi connectivity index (χ3v) is 4.52. The molecule has 1 aromatic heterocycles. The van der Waals surface area contributed by atoms with Gasteiger partial charge >= 0.3 is 0 Å². The van der Waals surface area contributed by atoms with Gasteiger partial charge < -0.3 is 4.57 Å². The molecule has 0 spiro atoms. The summed E-state index contributed by atoms with van der Waals surface area (Å²) < 4.78 is 3.02. The Morgan fingerprint density at radius 1 is 1.25 bits per heavy atom. The van der Waals surface area contributed by atoms with Crippen LogP contribution in [0.2, 0.25) is 0 Å². The summed E-state index contributed by atoms with van der Waals surface area (Å²) in [6.45, 7) is 0.235. The van der Waals surface area contributed by atoms with E-state index in [1.165, 1.54) is 10.6 Å². The van der Waals surface area contributed by atoms with Crippen molar-refractivity contribution in [2.24, 2.45) is 0 Å². The first-order chi connectivity index (χ1) is 9.40. The number of halogens is 3. The summed E-state index contributed by atoms with van der Waals surface area (Å²) in [5.74, 6) is 0. The van der Waals surface area contributed by atoms with Crippen LogP contribution >= 0.6 is 47.8 Å². The Bertz CT molecular complexity index is 743. The zero-order valence-corrected chi connectivity index (χ0v) is 14.6. The SMILES string of the molecule is O=c1c(Br)cc(Br)cn1Cc1cccc([N+](=O)[O-])c1Br. The lowest BCUT2D eigenvalue weighted by molar-refractivity contribution is -0.385. The first-order valence-electron chi connectivity index (χ1n) is 5.37. The highest BCUT2D eigenvalue weighted by Crippen LogP contribution is 2.28. The number of rotatable bonds is 3. The van der Waals surface area contributed by atoms with Crippen LogP contribution in [0.25, 0.3) is 0 Å². The second kappa shape index (κ2) is 6.19. The molecule has 8 heteroatoms. The lowest BCUT2D eigenvalue weighted by Crippen LogP contribution is -2.20. The Labute approximate surface area is 139 Å². The molecule has 5 nitrogen and oxygen atoms in total. The van der Waals surface area contributed by atoms with E-state index in [-0.39, 0.29) is 17.8 Å². The molecule has 0 aliphatic carbocycles. The minimum atomic E-state index is -0.465. The van der Waals surface area contributed by atoms with E-state index < -0.39 is 4.92 Å². The maximum absolute atomic E-state index is 12.0. The average molecular weight is 467 g/mol. The van der Waals surface area contributed by atoms with Crippen LogP contribution in [0.1, 0.15) is 5.56 Å². The molecule has 0 N–H and O–H groups in total. The molecule has 20 heavy (non-hydrogen) atoms. The second-order valence-electron chi connectivity index (χ2n) is 3.95. The van der Waals surface area contributed by atoms with Crippen molar-refractivity contribution < 1.29 is 4.92 Å². The monoisotopic (exact) mass is 464 g/mol. The fourth-order valence-electron chi connectivity index (χ4n) is 1.70. The summed E-state index contributed by atoms with van der Waals surface area (Å²) in [7, 11) is 0. The van der Waals surface area contributed by atoms with E-state index in [1.54, 1.807) is 24.4 Å². The van der Waals surface area contributed by atoms with Crippen molar-refractivity contribution >= 4 is 53.5 Å². The zero-order valence-electron chi connectivity index (χ0n) is 9.85. The third-order valence-electron chi connectivity index (χ3n) is 2.60. The fourth-order valence-corrected chi connectivity index (χ4v) is 3.49. The van der Waals surface area contributed by atoms with E-state index >= 15 is 0 Å². The van der Waals surface area contributed by atoms with Gasteiger partial charge in [-0.2, -0.15) is 0 Å². The second-order valence-corrected chi connectivity index (χ2v) is 6.51. The molecule has 0 radical (unpaired) electrons. The van der Waals surface area contributed by atoms with Crippen molar-refractivity contribution in [3.63, 3.8) is 0 Å². The molecule has 1 aromatic carbocycles. The molecular formula is C12H7Br3N2O3. The predicted octanol–water partition coefficient (Wildman–Crippen LogP) is 4.09. The summed E-state index contributed by atoms with van der Waals surface area (Å²) in [6.07, 6.45) is 1.64. The van der Waals surface area contributed by atoms with Crippen LogP contribution in [0.3, 0.4) is 0 Å². The van der Waals surface area contributed by atoms with E-state index in [4.69, 9.17) is 0 Å². The molecule has 0 atom stereocenters. The number of hydrogen-bond donors (Lipinski definition) is 0. The van der Waals surface area contributed by atoms with Gasteiger partial charge in [0, 0.05) is 16.7 Å². The third kappa shape index (κ3) is 3.18. The van der Waals surface area contributed by atoms with Crippen LogP contribution in [0.4, 0.5) is 5.69 Å². The van der Waals surface area contributed by atoms with E-state index in [0.29, 0.717) is 14.5 Å². The summed E-state index contributed by atoms with van der Waals surface area (Å²) in [5, 5.41) is 10.9. The predicted molar refractivity (Wildman–Crippen MR) is 86.0 cm³/mol. The van der Waals surface area contributed by atoms with Gasteiger partial charge in [-0.15, -0.1) is 0 Å². The summed E-state index contributed by atoms with van der Waals surface area (Å²) in [5.41, 5.74) is 0.433. The molecule has 2 aromatic rings. The lowest BCUT2D eigenvalue weighted by atomic mass is 10.2. The highest BCUT2D eigenvalue weighted by Gasteiger charge is 2.15. The van der Waals surface area contributed by atoms with Gasteiger partial charge in [0.05, 0.1) is 15.9 Å². The molecule has 0 saturated heterocycles. The molecular weight excluding hydrogens is 460 g/mol. The van der Waals surface area contributed by atoms with Gasteiger partial charge in [0.1, 0.15) is 4.47 Å². The molecule has 0 fully saturated rings. The van der Waals surface area contributed by atoms with Crippen LogP contribution in [-0.4, -0.2) is 9.49 Å². The maximum atomic E-state index is 12.0. The number of hydrogen-bond acceptors (Lipinski definition) is 3. The number of aromatic nitrogens is 1. The van der Waals surface area contributed by atoms with Crippen molar-refractivity contribution in [3.05, 3.63) is 69.9 Å². The van der Waals surface area contributed by atoms with Gasteiger partial charge in [-0.1, -0.05) is 12.1 Å². The van der Waals surface area contributed by atoms with Crippen molar-refractivity contribution in [3.8, 4) is 0 Å². The number of nitro benzene ring substituents is 1. The van der Waals surface area contributed by atoms with E-state index in [0.717, 1.165) is 4.47 Å². The van der Waals surface area contributed by atoms with Crippen molar-refractivity contribution in [2.75, 3.05) is 0 Å². The molecule has 104 valence electrons. The minimum Gasteiger partial charge on any atom is -0.309 e. The highest BCUT2D eigenvalue weighted by atomic mass is 79.9. The molecule has 0 saturated carbocycles. The van der Waals surface area contributed by atoms with Gasteiger partial charge in [-0.05, 0) is 59.4 Å². The van der Waals surface area contributed by atoms with Gasteiger partial charge in [0.25, 0.3) is 11.2 Å². The quantitative estimate of drug-likeness (QED) is 0.505. The lowest BCUT2D eigenvalue weighted by Gasteiger charge is -2.09. The summed E-state index contributed by atoms with van der Waals surface area (Å²) >= 11 is 9.71. The smallest absolute Gasteiger partial charge is 0.283 e. The Morgan fingerprint density at radius 3 is 2.60 bits per heavy atom. The molecule has 2 rings (SSSR count). The largest absolute Gasteiger partial charge is 0.309 e. The Kier molecular flexibility index (Phi) is 4.77. The Hall–Kier alpha value is -0.990. The topological polar surface area (TPSA) is 65.1 Å². The van der Waals surface area contributed by atoms with Crippen LogP contribution in [0.15, 0.2) is 48.7 Å². The van der Waals surface area contributed by atoms with Crippen LogP contribution < -0.4 is 5.56 Å². The first kappa shape index (κ1) is 15.4. The Morgan fingerprint density at radius 2 is 1.95 bits per heavy atom. The van der Waals surface area contributed by atoms with Crippen molar-refractivity contribution in [1.29, 1.82) is 0 Å². The average Bonchev–Trinajstić information content (AvgIpc) is 2.37. The highest BCUT2D eigenvalue weighted by molar-refractivity contribution is 9.11. The molecule has 0 aliphatic heterocycles. The van der Waals surface area contributed by atoms with Gasteiger partial charge in [-0.25, -0.2) is 0 Å². The molecule has 1 heterocycles. The van der Waals surface area contributed by atoms with E-state index in [2.05, 4.69) is 47.8 Å². The molecule has 0 unspecified atom stereocenters. The number of pyridine rings is 1. The zero-order chi connectivity index (χ0) is 14.9. The minimum absolute atomic E-state index is 0.0235. The van der Waals surface area contributed by atoms with Gasteiger partial charge in [0.2, 0.25) is 0 Å². The van der Waals surface area contributed by atoms with Gasteiger partial charge in [-0.3, -0.25) is 14.9 Å². The van der Waals surface area contributed by atoms with Crippen LogP contribution in [-0.2, 0) is 6.54 Å². The number of benzene rings is 1. The van der Waals surface area contributed by atoms with Crippen LogP contribution in [0.5, 0.6) is 0 Å². The molecule has 0 aliphatic rings. The number of nitrogens with zero attached hydrogens (tertiary/aromatic N) is 2. The normalized spacial score (nSPS) is 10.6. The summed E-state index contributed by atoms with van der Waals surface area (Å²) in [4.78, 5) is 22.4. The molecule has 0 bridgehead atoms. The maximum Gasteiger partial charge on any atom is 0.283 e. The van der Waals surface area contributed by atoms with Crippen molar-refractivity contribution in [1.82, 2.24) is 4.57 Å². The van der Waals surface area contributed by atoms with E-state index in [1.807, 2.05) is 0 Å². The van der Waals surface area contributed by atoms with Gasteiger partial charge in [0.15, 0.2) is 0 Å².